The Morgan fingerprint density at radius 3 is 2.64 bits per heavy atom. The molecule has 2 N–H and O–H groups in total. The van der Waals surface area contributed by atoms with Crippen LogP contribution in [-0.4, -0.2) is 51.1 Å². The second-order valence-electron chi connectivity index (χ2n) is 6.13. The average Bonchev–Trinajstić information content (AvgIpc) is 3.15. The number of carbonyl (C=O) groups excluding carboxylic acids is 1. The first-order chi connectivity index (χ1) is 12.7. The van der Waals surface area contributed by atoms with Gasteiger partial charge >= 0.3 is 12.3 Å². The van der Waals surface area contributed by atoms with Crippen LogP contribution in [0.4, 0.5) is 22.0 Å². The van der Waals surface area contributed by atoms with E-state index in [4.69, 9.17) is 4.74 Å². The van der Waals surface area contributed by atoms with Crippen LogP contribution in [0.2, 0.25) is 0 Å². The van der Waals surface area contributed by atoms with Gasteiger partial charge in [-0.15, -0.1) is 12.4 Å². The quantitative estimate of drug-likeness (QED) is 0.589. The van der Waals surface area contributed by atoms with E-state index >= 15 is 0 Å². The number of hydrogen-bond donors (Lipinski definition) is 2. The molecular formula is C17H22ClF5N2O3. The van der Waals surface area contributed by atoms with Crippen LogP contribution in [0.15, 0.2) is 12.1 Å². The largest absolute Gasteiger partial charge is 0.496 e. The Bertz CT molecular complexity index is 658. The first-order valence-electron chi connectivity index (χ1n) is 8.41. The Morgan fingerprint density at radius 1 is 1.36 bits per heavy atom. The van der Waals surface area contributed by atoms with Crippen molar-refractivity contribution in [1.82, 2.24) is 10.6 Å². The highest BCUT2D eigenvalue weighted by molar-refractivity contribution is 5.85. The van der Waals surface area contributed by atoms with Crippen molar-refractivity contribution in [2.24, 2.45) is 0 Å². The average molecular weight is 433 g/mol. The topological polar surface area (TPSA) is 59.6 Å². The molecule has 1 aliphatic heterocycles. The molecule has 1 fully saturated rings. The number of nitrogens with one attached hydrogen (secondary N) is 2. The Morgan fingerprint density at radius 2 is 2.07 bits per heavy atom. The van der Waals surface area contributed by atoms with Crippen LogP contribution in [0.5, 0.6) is 11.5 Å². The third kappa shape index (κ3) is 6.37. The van der Waals surface area contributed by atoms with E-state index < -0.39 is 30.5 Å². The molecule has 1 amide bonds. The molecule has 0 bridgehead atoms. The van der Waals surface area contributed by atoms with Crippen molar-refractivity contribution in [2.75, 3.05) is 26.8 Å². The van der Waals surface area contributed by atoms with Gasteiger partial charge < -0.3 is 20.1 Å². The van der Waals surface area contributed by atoms with E-state index in [0.717, 1.165) is 31.5 Å². The Hall–Kier alpha value is -1.81. The van der Waals surface area contributed by atoms with Gasteiger partial charge in [0.2, 0.25) is 5.91 Å². The van der Waals surface area contributed by atoms with Crippen molar-refractivity contribution < 1.29 is 36.2 Å². The van der Waals surface area contributed by atoms with E-state index in [1.807, 2.05) is 0 Å². The molecule has 1 heterocycles. The molecule has 160 valence electrons. The lowest BCUT2D eigenvalue weighted by molar-refractivity contribution is -0.148. The van der Waals surface area contributed by atoms with Crippen LogP contribution in [0.25, 0.3) is 0 Å². The highest BCUT2D eigenvalue weighted by Gasteiger charge is 2.42. The molecule has 1 aliphatic rings. The summed E-state index contributed by atoms with van der Waals surface area (Å²) >= 11 is 0. The summed E-state index contributed by atoms with van der Waals surface area (Å²) in [5, 5.41) is 5.77. The zero-order valence-electron chi connectivity index (χ0n) is 15.1. The highest BCUT2D eigenvalue weighted by Crippen LogP contribution is 2.30. The Kier molecular flexibility index (Phi) is 9.22. The van der Waals surface area contributed by atoms with Gasteiger partial charge in [0.1, 0.15) is 5.75 Å². The van der Waals surface area contributed by atoms with E-state index in [1.165, 1.54) is 7.11 Å². The van der Waals surface area contributed by atoms with Crippen molar-refractivity contribution in [1.29, 1.82) is 0 Å². The van der Waals surface area contributed by atoms with Gasteiger partial charge in [0.05, 0.1) is 13.2 Å². The monoisotopic (exact) mass is 432 g/mol. The minimum Gasteiger partial charge on any atom is -0.496 e. The number of halogens is 6. The van der Waals surface area contributed by atoms with Crippen molar-refractivity contribution in [2.45, 2.75) is 37.7 Å². The van der Waals surface area contributed by atoms with Crippen molar-refractivity contribution in [3.8, 4) is 11.5 Å². The van der Waals surface area contributed by atoms with E-state index in [9.17, 15) is 26.7 Å². The van der Waals surface area contributed by atoms with Crippen molar-refractivity contribution >= 4 is 18.3 Å². The third-order valence-corrected chi connectivity index (χ3v) is 4.14. The molecule has 1 aromatic carbocycles. The van der Waals surface area contributed by atoms with Crippen molar-refractivity contribution in [3.05, 3.63) is 23.5 Å². The van der Waals surface area contributed by atoms with E-state index in [2.05, 4.69) is 15.4 Å². The van der Waals surface area contributed by atoms with Crippen LogP contribution in [-0.2, 0) is 11.2 Å². The molecule has 0 unspecified atom stereocenters. The first kappa shape index (κ1) is 24.2. The fourth-order valence-corrected chi connectivity index (χ4v) is 2.66. The highest BCUT2D eigenvalue weighted by atomic mass is 35.5. The predicted molar refractivity (Wildman–Crippen MR) is 94.4 cm³/mol. The minimum atomic E-state index is -4.39. The molecule has 5 nitrogen and oxygen atoms in total. The summed E-state index contributed by atoms with van der Waals surface area (Å²) in [4.78, 5) is 11.9. The minimum absolute atomic E-state index is 0. The summed E-state index contributed by atoms with van der Waals surface area (Å²) < 4.78 is 73.8. The van der Waals surface area contributed by atoms with Crippen LogP contribution in [0.3, 0.4) is 0 Å². The van der Waals surface area contributed by atoms with E-state index in [-0.39, 0.29) is 43.1 Å². The molecule has 1 saturated heterocycles. The van der Waals surface area contributed by atoms with Gasteiger partial charge in [-0.1, -0.05) is 0 Å². The van der Waals surface area contributed by atoms with Gasteiger partial charge in [-0.2, -0.15) is 8.78 Å². The number of rotatable bonds is 9. The molecule has 11 heteroatoms. The summed E-state index contributed by atoms with van der Waals surface area (Å²) in [6, 6.07) is 1.79. The number of ether oxygens (including phenoxy) is 2. The van der Waals surface area contributed by atoms with Gasteiger partial charge in [-0.25, -0.2) is 13.2 Å². The molecule has 1 aromatic rings. The Labute approximate surface area is 165 Å². The van der Waals surface area contributed by atoms with Crippen LogP contribution >= 0.6 is 12.4 Å². The maximum atomic E-state index is 14.1. The second kappa shape index (κ2) is 10.7. The standard InChI is InChI=1S/C17H21F5N2O3.ClH/c1-26-13-8-14(27-9-17(21,22)16(19)20)11(18)7-10(13)4-6-24-15(25)12-3-2-5-23-12;/h7-8,12,16,23H,2-6,9H2,1H3,(H,24,25);1H/t12-;/m0./s1. The van der Waals surface area contributed by atoms with Crippen LogP contribution in [0, 0.1) is 5.82 Å². The summed E-state index contributed by atoms with van der Waals surface area (Å²) in [5.41, 5.74) is 0.377. The zero-order valence-corrected chi connectivity index (χ0v) is 15.9. The second-order valence-corrected chi connectivity index (χ2v) is 6.13. The van der Waals surface area contributed by atoms with Gasteiger partial charge in [0, 0.05) is 12.6 Å². The van der Waals surface area contributed by atoms with Gasteiger partial charge in [-0.05, 0) is 37.4 Å². The molecular weight excluding hydrogens is 411 g/mol. The maximum Gasteiger partial charge on any atom is 0.340 e. The van der Waals surface area contributed by atoms with Gasteiger partial charge in [0.15, 0.2) is 18.2 Å². The maximum absolute atomic E-state index is 14.1. The molecule has 2 rings (SSSR count). The normalized spacial score (nSPS) is 16.6. The summed E-state index contributed by atoms with van der Waals surface area (Å²) in [6.07, 6.45) is -2.02. The fourth-order valence-electron chi connectivity index (χ4n) is 2.66. The molecule has 0 aliphatic carbocycles. The fraction of sp³-hybridized carbons (Fsp3) is 0.588. The lowest BCUT2D eigenvalue weighted by Gasteiger charge is -2.18. The molecule has 28 heavy (non-hydrogen) atoms. The summed E-state index contributed by atoms with van der Waals surface area (Å²) in [7, 11) is 1.29. The van der Waals surface area contributed by atoms with E-state index in [0.29, 0.717) is 5.56 Å². The lowest BCUT2D eigenvalue weighted by atomic mass is 10.1. The number of hydrogen-bond acceptors (Lipinski definition) is 4. The summed E-state index contributed by atoms with van der Waals surface area (Å²) in [6.45, 7) is -0.659. The van der Waals surface area contributed by atoms with Crippen LogP contribution in [0.1, 0.15) is 18.4 Å². The zero-order chi connectivity index (χ0) is 20.0. The predicted octanol–water partition coefficient (Wildman–Crippen LogP) is 2.95. The number of alkyl halides is 4. The first-order valence-corrected chi connectivity index (χ1v) is 8.41. The number of amides is 1. The SMILES string of the molecule is COc1cc(OCC(F)(F)C(F)F)c(F)cc1CCNC(=O)[C@@H]1CCCN1.Cl. The molecule has 0 aromatic heterocycles. The number of benzene rings is 1. The molecule has 1 atom stereocenters. The molecule has 0 saturated carbocycles. The number of methoxy groups -OCH3 is 1. The smallest absolute Gasteiger partial charge is 0.340 e. The van der Waals surface area contributed by atoms with Gasteiger partial charge in [-0.3, -0.25) is 4.79 Å². The molecule has 0 radical (unpaired) electrons. The van der Waals surface area contributed by atoms with Crippen LogP contribution < -0.4 is 20.1 Å². The molecule has 0 spiro atoms. The van der Waals surface area contributed by atoms with Crippen molar-refractivity contribution in [3.63, 3.8) is 0 Å². The Balaban J connectivity index is 0.00000392. The van der Waals surface area contributed by atoms with Gasteiger partial charge in [0.25, 0.3) is 0 Å². The summed E-state index contributed by atoms with van der Waals surface area (Å²) in [5.74, 6) is -6.01. The lowest BCUT2D eigenvalue weighted by Crippen LogP contribution is -2.41. The van der Waals surface area contributed by atoms with E-state index in [1.54, 1.807) is 0 Å². The number of carbonyl (C=O) groups is 1. The third-order valence-electron chi connectivity index (χ3n) is 4.14.